The molecule has 1 aromatic carbocycles. The van der Waals surface area contributed by atoms with Crippen molar-refractivity contribution in [1.29, 1.82) is 0 Å². The molecule has 4 nitrogen and oxygen atoms in total. The highest BCUT2D eigenvalue weighted by Crippen LogP contribution is 2.28. The lowest BCUT2D eigenvalue weighted by Crippen LogP contribution is -2.39. The van der Waals surface area contributed by atoms with Gasteiger partial charge in [-0.15, -0.1) is 0 Å². The molecule has 2 aromatic rings. The highest BCUT2D eigenvalue weighted by atomic mass is 19.1. The van der Waals surface area contributed by atoms with Gasteiger partial charge in [-0.05, 0) is 37.6 Å². The summed E-state index contributed by atoms with van der Waals surface area (Å²) in [5, 5.41) is 0. The van der Waals surface area contributed by atoms with E-state index in [0.29, 0.717) is 18.7 Å². The summed E-state index contributed by atoms with van der Waals surface area (Å²) in [5.74, 6) is -2.04. The molecule has 1 saturated heterocycles. The van der Waals surface area contributed by atoms with Crippen molar-refractivity contribution in [3.63, 3.8) is 0 Å². The van der Waals surface area contributed by atoms with Crippen LogP contribution >= 0.6 is 0 Å². The smallest absolute Gasteiger partial charge is 0.233 e. The number of nitrogens with zero attached hydrogens (tertiary/aromatic N) is 2. The van der Waals surface area contributed by atoms with Crippen molar-refractivity contribution in [3.05, 3.63) is 59.9 Å². The summed E-state index contributed by atoms with van der Waals surface area (Å²) in [4.78, 5) is 18.5. The summed E-state index contributed by atoms with van der Waals surface area (Å²) in [6.45, 7) is 2.45. The monoisotopic (exact) mass is 332 g/mol. The number of amides is 1. The van der Waals surface area contributed by atoms with E-state index in [9.17, 15) is 13.6 Å². The van der Waals surface area contributed by atoms with Crippen LogP contribution in [0.2, 0.25) is 0 Å². The van der Waals surface area contributed by atoms with Gasteiger partial charge in [0.15, 0.2) is 0 Å². The first-order chi connectivity index (χ1) is 11.6. The van der Waals surface area contributed by atoms with Crippen molar-refractivity contribution < 1.29 is 18.3 Å². The highest BCUT2D eigenvalue weighted by Gasteiger charge is 2.35. The van der Waals surface area contributed by atoms with Gasteiger partial charge >= 0.3 is 0 Å². The molecule has 1 aliphatic heterocycles. The van der Waals surface area contributed by atoms with E-state index in [2.05, 4.69) is 4.98 Å². The molecule has 126 valence electrons. The van der Waals surface area contributed by atoms with E-state index in [1.54, 1.807) is 24.4 Å². The first-order valence-corrected chi connectivity index (χ1v) is 7.84. The number of ether oxygens (including phenoxy) is 1. The second-order valence-corrected chi connectivity index (χ2v) is 5.81. The lowest BCUT2D eigenvalue weighted by molar-refractivity contribution is -0.123. The third-order valence-electron chi connectivity index (χ3n) is 4.21. The average Bonchev–Trinajstić information content (AvgIpc) is 3.00. The Labute approximate surface area is 139 Å². The number of benzene rings is 1. The van der Waals surface area contributed by atoms with Crippen LogP contribution in [0.25, 0.3) is 0 Å². The van der Waals surface area contributed by atoms with Crippen LogP contribution in [-0.4, -0.2) is 23.6 Å². The Balaban J connectivity index is 1.95. The van der Waals surface area contributed by atoms with Crippen LogP contribution in [0.5, 0.6) is 0 Å². The SMILES string of the molecule is C[C@H]1OCC[C@@H]1C(=O)N(Cc1ccccn1)c1ccc(F)cc1F. The van der Waals surface area contributed by atoms with Crippen LogP contribution in [0.3, 0.4) is 0 Å². The summed E-state index contributed by atoms with van der Waals surface area (Å²) in [6.07, 6.45) is 1.97. The molecule has 0 saturated carbocycles. The first kappa shape index (κ1) is 16.5. The number of pyridine rings is 1. The molecule has 0 unspecified atom stereocenters. The molecule has 2 heterocycles. The second kappa shape index (κ2) is 7.05. The minimum Gasteiger partial charge on any atom is -0.378 e. The van der Waals surface area contributed by atoms with E-state index >= 15 is 0 Å². The van der Waals surface area contributed by atoms with Gasteiger partial charge in [0.25, 0.3) is 0 Å². The van der Waals surface area contributed by atoms with Crippen molar-refractivity contribution in [1.82, 2.24) is 4.98 Å². The van der Waals surface area contributed by atoms with Crippen molar-refractivity contribution in [2.45, 2.75) is 26.0 Å². The zero-order chi connectivity index (χ0) is 17.1. The maximum Gasteiger partial charge on any atom is 0.233 e. The first-order valence-electron chi connectivity index (χ1n) is 7.84. The van der Waals surface area contributed by atoms with E-state index in [1.807, 2.05) is 6.92 Å². The second-order valence-electron chi connectivity index (χ2n) is 5.81. The molecule has 1 aromatic heterocycles. The number of carbonyl (C=O) groups excluding carboxylic acids is 1. The predicted octanol–water partition coefficient (Wildman–Crippen LogP) is 3.32. The number of carbonyl (C=O) groups is 1. The van der Waals surface area contributed by atoms with E-state index in [-0.39, 0.29) is 30.2 Å². The molecular weight excluding hydrogens is 314 g/mol. The van der Waals surface area contributed by atoms with Gasteiger partial charge < -0.3 is 9.64 Å². The van der Waals surface area contributed by atoms with Crippen LogP contribution in [0, 0.1) is 17.6 Å². The Morgan fingerprint density at radius 3 is 2.79 bits per heavy atom. The number of halogens is 2. The van der Waals surface area contributed by atoms with Crippen molar-refractivity contribution in [2.75, 3.05) is 11.5 Å². The van der Waals surface area contributed by atoms with Crippen LogP contribution in [0.1, 0.15) is 19.0 Å². The maximum absolute atomic E-state index is 14.3. The van der Waals surface area contributed by atoms with E-state index < -0.39 is 11.6 Å². The fourth-order valence-corrected chi connectivity index (χ4v) is 2.89. The van der Waals surface area contributed by atoms with Gasteiger partial charge in [0, 0.05) is 18.9 Å². The van der Waals surface area contributed by atoms with Crippen molar-refractivity contribution in [3.8, 4) is 0 Å². The molecule has 1 amide bonds. The van der Waals surface area contributed by atoms with E-state index in [4.69, 9.17) is 4.74 Å². The Hall–Kier alpha value is -2.34. The van der Waals surface area contributed by atoms with Crippen molar-refractivity contribution in [2.24, 2.45) is 5.92 Å². The van der Waals surface area contributed by atoms with Gasteiger partial charge in [0.05, 0.1) is 29.9 Å². The standard InChI is InChI=1S/C18H18F2N2O2/c1-12-15(7-9-24-12)18(23)22(11-14-4-2-3-8-21-14)17-6-5-13(19)10-16(17)20/h2-6,8,10,12,15H,7,9,11H2,1H3/t12-,15+/m1/s1. The maximum atomic E-state index is 14.3. The fraction of sp³-hybridized carbons (Fsp3) is 0.333. The zero-order valence-electron chi connectivity index (χ0n) is 13.3. The number of rotatable bonds is 4. The van der Waals surface area contributed by atoms with Crippen LogP contribution < -0.4 is 4.90 Å². The fourth-order valence-electron chi connectivity index (χ4n) is 2.89. The molecule has 0 bridgehead atoms. The molecule has 2 atom stereocenters. The molecule has 24 heavy (non-hydrogen) atoms. The van der Waals surface area contributed by atoms with Gasteiger partial charge in [0.2, 0.25) is 5.91 Å². The van der Waals surface area contributed by atoms with Gasteiger partial charge in [-0.3, -0.25) is 9.78 Å². The number of hydrogen-bond donors (Lipinski definition) is 0. The Kier molecular flexibility index (Phi) is 4.85. The lowest BCUT2D eigenvalue weighted by Gasteiger charge is -2.27. The minimum atomic E-state index is -0.772. The molecule has 6 heteroatoms. The molecule has 1 fully saturated rings. The Morgan fingerprint density at radius 1 is 1.33 bits per heavy atom. The molecule has 1 aliphatic rings. The van der Waals surface area contributed by atoms with Crippen LogP contribution in [-0.2, 0) is 16.1 Å². The third-order valence-corrected chi connectivity index (χ3v) is 4.21. The molecule has 0 radical (unpaired) electrons. The number of anilines is 1. The normalized spacial score (nSPS) is 20.1. The lowest BCUT2D eigenvalue weighted by atomic mass is 10.0. The van der Waals surface area contributed by atoms with Crippen LogP contribution in [0.4, 0.5) is 14.5 Å². The number of hydrogen-bond acceptors (Lipinski definition) is 3. The Morgan fingerprint density at radius 2 is 2.17 bits per heavy atom. The predicted molar refractivity (Wildman–Crippen MR) is 85.3 cm³/mol. The van der Waals surface area contributed by atoms with Gasteiger partial charge in [0.1, 0.15) is 11.6 Å². The largest absolute Gasteiger partial charge is 0.378 e. The van der Waals surface area contributed by atoms with E-state index in [1.165, 1.54) is 11.0 Å². The molecule has 0 N–H and O–H groups in total. The minimum absolute atomic E-state index is 0.0474. The van der Waals surface area contributed by atoms with Gasteiger partial charge in [-0.2, -0.15) is 0 Å². The van der Waals surface area contributed by atoms with Crippen LogP contribution in [0.15, 0.2) is 42.6 Å². The summed E-state index contributed by atoms with van der Waals surface area (Å²) >= 11 is 0. The van der Waals surface area contributed by atoms with Gasteiger partial charge in [-0.25, -0.2) is 8.78 Å². The quantitative estimate of drug-likeness (QED) is 0.862. The summed E-state index contributed by atoms with van der Waals surface area (Å²) in [5.41, 5.74) is 0.673. The zero-order valence-corrected chi connectivity index (χ0v) is 13.3. The third kappa shape index (κ3) is 3.43. The van der Waals surface area contributed by atoms with Gasteiger partial charge in [-0.1, -0.05) is 6.07 Å². The average molecular weight is 332 g/mol. The van der Waals surface area contributed by atoms with E-state index in [0.717, 1.165) is 12.1 Å². The topological polar surface area (TPSA) is 42.4 Å². The molecule has 0 spiro atoms. The highest BCUT2D eigenvalue weighted by molar-refractivity contribution is 5.95. The van der Waals surface area contributed by atoms with Crippen molar-refractivity contribution >= 4 is 11.6 Å². The Bertz CT molecular complexity index is 724. The molecule has 3 rings (SSSR count). The summed E-state index contributed by atoms with van der Waals surface area (Å²) in [7, 11) is 0. The summed E-state index contributed by atoms with van der Waals surface area (Å²) in [6, 6.07) is 8.53. The molecule has 0 aliphatic carbocycles. The number of aromatic nitrogens is 1. The molecular formula is C18H18F2N2O2. The summed E-state index contributed by atoms with van der Waals surface area (Å²) < 4.78 is 32.9.